The summed E-state index contributed by atoms with van der Waals surface area (Å²) in [5.41, 5.74) is 1.59. The number of carbonyl (C=O) groups is 1. The second-order valence-corrected chi connectivity index (χ2v) is 3.21. The van der Waals surface area contributed by atoms with Gasteiger partial charge in [-0.25, -0.2) is 4.79 Å². The molecule has 0 saturated heterocycles. The van der Waals surface area contributed by atoms with Gasteiger partial charge >= 0.3 is 6.03 Å². The summed E-state index contributed by atoms with van der Waals surface area (Å²) in [6.45, 7) is 2.04. The molecule has 2 amide bonds. The van der Waals surface area contributed by atoms with Crippen LogP contribution in [0, 0.1) is 6.92 Å². The van der Waals surface area contributed by atoms with Crippen LogP contribution in [0.2, 0.25) is 0 Å². The number of amides is 2. The number of carbonyl (C=O) groups excluding carboxylic acids is 1. The van der Waals surface area contributed by atoms with Crippen LogP contribution in [0.1, 0.15) is 17.4 Å². The highest BCUT2D eigenvalue weighted by atomic mass is 16.3. The third-order valence-corrected chi connectivity index (χ3v) is 2.00. The normalized spacial score (nSPS) is 11.9. The quantitative estimate of drug-likeness (QED) is 0.672. The predicted octanol–water partition coefficient (Wildman–Crippen LogP) is 0.352. The summed E-state index contributed by atoms with van der Waals surface area (Å²) in [6, 6.07) is 3.30. The maximum Gasteiger partial charge on any atom is 0.314 e. The standard InChI is InChI=1S/C10H15N3O2/c1-7-3-4-8(5-12-7)9(14)6-13-10(15)11-2/h3-5,9,14H,6H2,1-2H3,(H2,11,13,15). The third-order valence-electron chi connectivity index (χ3n) is 2.00. The molecule has 0 bridgehead atoms. The number of hydrogen-bond donors (Lipinski definition) is 3. The topological polar surface area (TPSA) is 74.2 Å². The van der Waals surface area contributed by atoms with Crippen molar-refractivity contribution in [1.29, 1.82) is 0 Å². The van der Waals surface area contributed by atoms with Gasteiger partial charge in [-0.1, -0.05) is 6.07 Å². The number of rotatable bonds is 3. The minimum Gasteiger partial charge on any atom is -0.387 e. The number of pyridine rings is 1. The zero-order valence-electron chi connectivity index (χ0n) is 8.82. The number of hydrogen-bond acceptors (Lipinski definition) is 3. The first-order chi connectivity index (χ1) is 7.13. The molecule has 0 radical (unpaired) electrons. The lowest BCUT2D eigenvalue weighted by atomic mass is 10.1. The number of nitrogens with one attached hydrogen (secondary N) is 2. The Bertz CT molecular complexity index is 324. The Morgan fingerprint density at radius 3 is 2.87 bits per heavy atom. The van der Waals surface area contributed by atoms with Gasteiger partial charge < -0.3 is 15.7 Å². The molecule has 0 saturated carbocycles. The van der Waals surface area contributed by atoms with E-state index in [1.807, 2.05) is 13.0 Å². The van der Waals surface area contributed by atoms with Gasteiger partial charge in [0.15, 0.2) is 0 Å². The molecule has 0 aliphatic heterocycles. The molecule has 0 aliphatic rings. The van der Waals surface area contributed by atoms with Gasteiger partial charge in [0.05, 0.1) is 6.10 Å². The SMILES string of the molecule is CNC(=O)NCC(O)c1ccc(C)nc1. The van der Waals surface area contributed by atoms with Gasteiger partial charge in [0.1, 0.15) is 0 Å². The van der Waals surface area contributed by atoms with Crippen molar-refractivity contribution in [2.75, 3.05) is 13.6 Å². The molecule has 0 aliphatic carbocycles. The third kappa shape index (κ3) is 3.55. The fourth-order valence-electron chi connectivity index (χ4n) is 1.07. The number of aliphatic hydroxyl groups excluding tert-OH is 1. The predicted molar refractivity (Wildman–Crippen MR) is 56.4 cm³/mol. The summed E-state index contributed by atoms with van der Waals surface area (Å²) in [5, 5.41) is 14.6. The summed E-state index contributed by atoms with van der Waals surface area (Å²) in [5.74, 6) is 0. The molecule has 1 atom stereocenters. The van der Waals surface area contributed by atoms with Crippen LogP contribution in [0.5, 0.6) is 0 Å². The first-order valence-corrected chi connectivity index (χ1v) is 4.69. The molecule has 82 valence electrons. The largest absolute Gasteiger partial charge is 0.387 e. The zero-order chi connectivity index (χ0) is 11.3. The number of aliphatic hydroxyl groups is 1. The second-order valence-electron chi connectivity index (χ2n) is 3.21. The highest BCUT2D eigenvalue weighted by Crippen LogP contribution is 2.10. The molecule has 1 unspecified atom stereocenters. The minimum absolute atomic E-state index is 0.171. The maximum atomic E-state index is 10.9. The van der Waals surface area contributed by atoms with E-state index >= 15 is 0 Å². The van der Waals surface area contributed by atoms with E-state index in [-0.39, 0.29) is 12.6 Å². The Kier molecular flexibility index (Phi) is 4.05. The lowest BCUT2D eigenvalue weighted by Crippen LogP contribution is -2.35. The number of urea groups is 1. The lowest BCUT2D eigenvalue weighted by molar-refractivity contribution is 0.173. The highest BCUT2D eigenvalue weighted by Gasteiger charge is 2.08. The summed E-state index contributed by atoms with van der Waals surface area (Å²) in [7, 11) is 1.52. The van der Waals surface area contributed by atoms with Crippen LogP contribution in [-0.4, -0.2) is 29.7 Å². The van der Waals surface area contributed by atoms with E-state index in [1.54, 1.807) is 12.3 Å². The second kappa shape index (κ2) is 5.31. The van der Waals surface area contributed by atoms with Crippen LogP contribution >= 0.6 is 0 Å². The monoisotopic (exact) mass is 209 g/mol. The number of aryl methyl sites for hydroxylation is 1. The van der Waals surface area contributed by atoms with Crippen molar-refractivity contribution in [3.8, 4) is 0 Å². The Labute approximate surface area is 88.5 Å². The average molecular weight is 209 g/mol. The molecule has 1 aromatic heterocycles. The van der Waals surface area contributed by atoms with E-state index in [2.05, 4.69) is 15.6 Å². The van der Waals surface area contributed by atoms with Crippen molar-refractivity contribution in [3.05, 3.63) is 29.6 Å². The average Bonchev–Trinajstić information content (AvgIpc) is 2.26. The molecular weight excluding hydrogens is 194 g/mol. The van der Waals surface area contributed by atoms with Crippen molar-refractivity contribution in [2.24, 2.45) is 0 Å². The molecule has 5 nitrogen and oxygen atoms in total. The molecule has 5 heteroatoms. The summed E-state index contributed by atoms with van der Waals surface area (Å²) >= 11 is 0. The first kappa shape index (κ1) is 11.5. The van der Waals surface area contributed by atoms with Crippen LogP contribution in [-0.2, 0) is 0 Å². The van der Waals surface area contributed by atoms with Crippen molar-refractivity contribution < 1.29 is 9.90 Å². The van der Waals surface area contributed by atoms with Crippen LogP contribution in [0.15, 0.2) is 18.3 Å². The summed E-state index contributed by atoms with van der Waals surface area (Å²) < 4.78 is 0. The minimum atomic E-state index is -0.726. The fraction of sp³-hybridized carbons (Fsp3) is 0.400. The highest BCUT2D eigenvalue weighted by molar-refractivity contribution is 5.73. The smallest absolute Gasteiger partial charge is 0.314 e. The van der Waals surface area contributed by atoms with Gasteiger partial charge in [-0.05, 0) is 13.0 Å². The van der Waals surface area contributed by atoms with Gasteiger partial charge in [-0.2, -0.15) is 0 Å². The molecule has 3 N–H and O–H groups in total. The zero-order valence-corrected chi connectivity index (χ0v) is 8.82. The Hall–Kier alpha value is -1.62. The van der Waals surface area contributed by atoms with Gasteiger partial charge in [0.2, 0.25) is 0 Å². The summed E-state index contributed by atoms with van der Waals surface area (Å²) in [6.07, 6.45) is 0.876. The Balaban J connectivity index is 2.50. The summed E-state index contributed by atoms with van der Waals surface area (Å²) in [4.78, 5) is 14.9. The molecule has 1 heterocycles. The van der Waals surface area contributed by atoms with Gasteiger partial charge in [-0.3, -0.25) is 4.98 Å². The van der Waals surface area contributed by atoms with Crippen molar-refractivity contribution in [1.82, 2.24) is 15.6 Å². The van der Waals surface area contributed by atoms with E-state index in [0.29, 0.717) is 5.56 Å². The Morgan fingerprint density at radius 2 is 2.33 bits per heavy atom. The fourth-order valence-corrected chi connectivity index (χ4v) is 1.07. The molecule has 0 fully saturated rings. The van der Waals surface area contributed by atoms with Crippen LogP contribution < -0.4 is 10.6 Å². The van der Waals surface area contributed by atoms with E-state index in [1.165, 1.54) is 7.05 Å². The first-order valence-electron chi connectivity index (χ1n) is 4.69. The van der Waals surface area contributed by atoms with Crippen LogP contribution in [0.4, 0.5) is 4.79 Å². The maximum absolute atomic E-state index is 10.9. The van der Waals surface area contributed by atoms with Gasteiger partial charge in [-0.15, -0.1) is 0 Å². The molecule has 1 aromatic rings. The van der Waals surface area contributed by atoms with E-state index in [4.69, 9.17) is 0 Å². The van der Waals surface area contributed by atoms with Gasteiger partial charge in [0, 0.05) is 31.0 Å². The van der Waals surface area contributed by atoms with E-state index in [9.17, 15) is 9.90 Å². The number of aromatic nitrogens is 1. The molecule has 0 spiro atoms. The molecule has 0 aromatic carbocycles. The van der Waals surface area contributed by atoms with Crippen LogP contribution in [0.25, 0.3) is 0 Å². The Morgan fingerprint density at radius 1 is 1.60 bits per heavy atom. The lowest BCUT2D eigenvalue weighted by Gasteiger charge is -2.11. The number of nitrogens with zero attached hydrogens (tertiary/aromatic N) is 1. The molecular formula is C10H15N3O2. The molecule has 1 rings (SSSR count). The van der Waals surface area contributed by atoms with E-state index in [0.717, 1.165) is 5.69 Å². The van der Waals surface area contributed by atoms with Crippen LogP contribution in [0.3, 0.4) is 0 Å². The van der Waals surface area contributed by atoms with Crippen molar-refractivity contribution in [2.45, 2.75) is 13.0 Å². The molecule has 15 heavy (non-hydrogen) atoms. The van der Waals surface area contributed by atoms with Crippen molar-refractivity contribution >= 4 is 6.03 Å². The van der Waals surface area contributed by atoms with Crippen molar-refractivity contribution in [3.63, 3.8) is 0 Å². The van der Waals surface area contributed by atoms with E-state index < -0.39 is 6.10 Å². The van der Waals surface area contributed by atoms with Gasteiger partial charge in [0.25, 0.3) is 0 Å².